The third-order valence-corrected chi connectivity index (χ3v) is 4.80. The first-order valence-electron chi connectivity index (χ1n) is 7.98. The van der Waals surface area contributed by atoms with E-state index < -0.39 is 5.60 Å². The van der Waals surface area contributed by atoms with Crippen molar-refractivity contribution in [3.63, 3.8) is 0 Å². The maximum Gasteiger partial charge on any atom is 0.123 e. The number of piperidine rings is 1. The number of aromatic nitrogens is 4. The van der Waals surface area contributed by atoms with Crippen molar-refractivity contribution in [2.75, 3.05) is 13.1 Å². The molecule has 1 aliphatic rings. The maximum atomic E-state index is 10.9. The van der Waals surface area contributed by atoms with Gasteiger partial charge < -0.3 is 5.11 Å². The molecule has 4 rings (SSSR count). The summed E-state index contributed by atoms with van der Waals surface area (Å²) in [7, 11) is 0. The molecule has 2 N–H and O–H groups in total. The number of benzene rings is 1. The van der Waals surface area contributed by atoms with Gasteiger partial charge in [0.05, 0.1) is 11.7 Å². The molecule has 0 saturated carbocycles. The van der Waals surface area contributed by atoms with Crippen molar-refractivity contribution < 1.29 is 5.11 Å². The number of rotatable bonds is 3. The number of fused-ring (bicyclic) bond motifs is 1. The van der Waals surface area contributed by atoms with Gasteiger partial charge in [-0.1, -0.05) is 17.7 Å². The van der Waals surface area contributed by atoms with E-state index in [1.807, 2.05) is 24.3 Å². The van der Waals surface area contributed by atoms with Crippen LogP contribution in [0.3, 0.4) is 0 Å². The van der Waals surface area contributed by atoms with Crippen molar-refractivity contribution in [2.24, 2.45) is 0 Å². The molecule has 2 aromatic heterocycles. The van der Waals surface area contributed by atoms with Crippen LogP contribution in [0.1, 0.15) is 24.1 Å². The van der Waals surface area contributed by atoms with Gasteiger partial charge >= 0.3 is 0 Å². The van der Waals surface area contributed by atoms with E-state index in [2.05, 4.69) is 25.3 Å². The van der Waals surface area contributed by atoms with Gasteiger partial charge in [0.15, 0.2) is 0 Å². The van der Waals surface area contributed by atoms with Crippen LogP contribution in [0, 0.1) is 0 Å². The van der Waals surface area contributed by atoms with Crippen LogP contribution in [0.15, 0.2) is 36.7 Å². The number of β-amino-alcohol motifs (C(OH)–C–C–N with tert-alkyl or cyclic N) is 1. The molecular weight excluding hydrogens is 326 g/mol. The van der Waals surface area contributed by atoms with Crippen LogP contribution < -0.4 is 0 Å². The van der Waals surface area contributed by atoms with Gasteiger partial charge in [-0.05, 0) is 43.1 Å². The molecule has 7 heteroatoms. The minimum atomic E-state index is -0.965. The molecule has 1 atom stereocenters. The second kappa shape index (κ2) is 6.12. The molecule has 0 spiro atoms. The molecule has 3 heterocycles. The third-order valence-electron chi connectivity index (χ3n) is 4.58. The Kier molecular flexibility index (Phi) is 3.96. The van der Waals surface area contributed by atoms with Crippen LogP contribution in [-0.4, -0.2) is 43.5 Å². The summed E-state index contributed by atoms with van der Waals surface area (Å²) in [6.07, 6.45) is 4.97. The van der Waals surface area contributed by atoms with Crippen LogP contribution in [0.5, 0.6) is 0 Å². The maximum absolute atomic E-state index is 10.9. The summed E-state index contributed by atoms with van der Waals surface area (Å²) in [5.41, 5.74) is 1.66. The van der Waals surface area contributed by atoms with Gasteiger partial charge in [0.25, 0.3) is 0 Å². The molecule has 1 unspecified atom stereocenters. The Morgan fingerprint density at radius 1 is 1.38 bits per heavy atom. The molecule has 0 amide bonds. The number of halogens is 1. The Morgan fingerprint density at radius 3 is 3.12 bits per heavy atom. The predicted octanol–water partition coefficient (Wildman–Crippen LogP) is 2.49. The van der Waals surface area contributed by atoms with E-state index in [4.69, 9.17) is 11.6 Å². The molecule has 6 nitrogen and oxygen atoms in total. The fourth-order valence-electron chi connectivity index (χ4n) is 3.48. The standard InChI is InChI=1S/C17H18ClN5O/c18-14-7-12-3-1-5-19-16(12)13(8-14)10-23-6-2-4-17(24,11-23)15-9-20-22-21-15/h1,3,5,7-9,24H,2,4,6,10-11H2,(H,20,21,22). The monoisotopic (exact) mass is 343 g/mol. The van der Waals surface area contributed by atoms with E-state index in [1.165, 1.54) is 0 Å². The number of nitrogens with zero attached hydrogens (tertiary/aromatic N) is 4. The smallest absolute Gasteiger partial charge is 0.123 e. The molecule has 0 aliphatic carbocycles. The number of pyridine rings is 1. The van der Waals surface area contributed by atoms with E-state index in [9.17, 15) is 5.11 Å². The highest BCUT2D eigenvalue weighted by Gasteiger charge is 2.37. The summed E-state index contributed by atoms with van der Waals surface area (Å²) in [4.78, 5) is 6.72. The molecule has 3 aromatic rings. The Labute approximate surface area is 144 Å². The predicted molar refractivity (Wildman–Crippen MR) is 91.5 cm³/mol. The first-order valence-corrected chi connectivity index (χ1v) is 8.36. The zero-order valence-corrected chi connectivity index (χ0v) is 13.9. The molecule has 1 aromatic carbocycles. The first kappa shape index (κ1) is 15.5. The second-order valence-corrected chi connectivity index (χ2v) is 6.78. The van der Waals surface area contributed by atoms with Crippen molar-refractivity contribution in [3.8, 4) is 0 Å². The molecule has 0 radical (unpaired) electrons. The van der Waals surface area contributed by atoms with Gasteiger partial charge in [-0.3, -0.25) is 9.88 Å². The number of aliphatic hydroxyl groups is 1. The molecule has 1 saturated heterocycles. The highest BCUT2D eigenvalue weighted by molar-refractivity contribution is 6.31. The highest BCUT2D eigenvalue weighted by Crippen LogP contribution is 2.31. The van der Waals surface area contributed by atoms with Crippen molar-refractivity contribution in [1.29, 1.82) is 0 Å². The minimum absolute atomic E-state index is 0.514. The zero-order valence-electron chi connectivity index (χ0n) is 13.1. The zero-order chi connectivity index (χ0) is 16.6. The summed E-state index contributed by atoms with van der Waals surface area (Å²) in [6.45, 7) is 2.12. The average Bonchev–Trinajstić information content (AvgIpc) is 3.10. The average molecular weight is 344 g/mol. The number of aromatic amines is 1. The Bertz CT molecular complexity index is 853. The van der Waals surface area contributed by atoms with Crippen molar-refractivity contribution >= 4 is 22.5 Å². The third kappa shape index (κ3) is 2.88. The van der Waals surface area contributed by atoms with Crippen LogP contribution >= 0.6 is 11.6 Å². The largest absolute Gasteiger partial charge is 0.382 e. The summed E-state index contributed by atoms with van der Waals surface area (Å²) in [6, 6.07) is 7.81. The van der Waals surface area contributed by atoms with E-state index in [1.54, 1.807) is 12.4 Å². The van der Waals surface area contributed by atoms with Crippen LogP contribution in [0.4, 0.5) is 0 Å². The number of nitrogens with one attached hydrogen (secondary N) is 1. The van der Waals surface area contributed by atoms with E-state index in [0.29, 0.717) is 30.2 Å². The van der Waals surface area contributed by atoms with Crippen molar-refractivity contribution in [1.82, 2.24) is 25.3 Å². The Morgan fingerprint density at radius 2 is 2.29 bits per heavy atom. The number of H-pyrrole nitrogens is 1. The Balaban J connectivity index is 1.62. The lowest BCUT2D eigenvalue weighted by atomic mass is 9.89. The van der Waals surface area contributed by atoms with E-state index in [-0.39, 0.29) is 0 Å². The lowest BCUT2D eigenvalue weighted by molar-refractivity contribution is -0.0413. The molecule has 0 bridgehead atoms. The molecule has 1 aliphatic heterocycles. The topological polar surface area (TPSA) is 77.9 Å². The Hall–Kier alpha value is -2.02. The van der Waals surface area contributed by atoms with Gasteiger partial charge in [0.1, 0.15) is 11.3 Å². The molecule has 24 heavy (non-hydrogen) atoms. The molecular formula is C17H18ClN5O. The van der Waals surface area contributed by atoms with E-state index in [0.717, 1.165) is 29.4 Å². The number of likely N-dealkylation sites (tertiary alicyclic amines) is 1. The summed E-state index contributed by atoms with van der Waals surface area (Å²) < 4.78 is 0. The van der Waals surface area contributed by atoms with Crippen LogP contribution in [0.25, 0.3) is 10.9 Å². The van der Waals surface area contributed by atoms with Gasteiger partial charge in [0.2, 0.25) is 0 Å². The van der Waals surface area contributed by atoms with Crippen LogP contribution in [0.2, 0.25) is 5.02 Å². The summed E-state index contributed by atoms with van der Waals surface area (Å²) >= 11 is 6.26. The quantitative estimate of drug-likeness (QED) is 0.764. The van der Waals surface area contributed by atoms with Crippen molar-refractivity contribution in [3.05, 3.63) is 52.9 Å². The van der Waals surface area contributed by atoms with E-state index >= 15 is 0 Å². The number of hydrogen-bond acceptors (Lipinski definition) is 5. The molecule has 1 fully saturated rings. The second-order valence-electron chi connectivity index (χ2n) is 6.34. The fourth-order valence-corrected chi connectivity index (χ4v) is 3.73. The lowest BCUT2D eigenvalue weighted by Gasteiger charge is -2.38. The summed E-state index contributed by atoms with van der Waals surface area (Å²) in [5.74, 6) is 0. The normalized spacial score (nSPS) is 22.1. The molecule has 124 valence electrons. The lowest BCUT2D eigenvalue weighted by Crippen LogP contribution is -2.45. The van der Waals surface area contributed by atoms with Gasteiger partial charge in [0, 0.05) is 29.7 Å². The fraction of sp³-hybridized carbons (Fsp3) is 0.353. The van der Waals surface area contributed by atoms with Crippen molar-refractivity contribution in [2.45, 2.75) is 25.0 Å². The SMILES string of the molecule is OC1(c2cn[nH]n2)CCCN(Cc2cc(Cl)cc3cccnc23)C1. The van der Waals surface area contributed by atoms with Gasteiger partial charge in [-0.25, -0.2) is 0 Å². The number of hydrogen-bond donors (Lipinski definition) is 2. The van der Waals surface area contributed by atoms with Crippen LogP contribution in [-0.2, 0) is 12.1 Å². The first-order chi connectivity index (χ1) is 11.6. The van der Waals surface area contributed by atoms with Gasteiger partial charge in [-0.2, -0.15) is 15.4 Å². The minimum Gasteiger partial charge on any atom is -0.382 e. The van der Waals surface area contributed by atoms with Gasteiger partial charge in [-0.15, -0.1) is 0 Å². The highest BCUT2D eigenvalue weighted by atomic mass is 35.5. The summed E-state index contributed by atoms with van der Waals surface area (Å²) in [5, 5.41) is 23.2.